The van der Waals surface area contributed by atoms with Crippen LogP contribution in [0.5, 0.6) is 0 Å². The van der Waals surface area contributed by atoms with Crippen LogP contribution in [0, 0.1) is 25.7 Å². The molecule has 5 heterocycles. The predicted molar refractivity (Wildman–Crippen MR) is 103 cm³/mol. The molecule has 0 N–H and O–H groups in total. The lowest BCUT2D eigenvalue weighted by Gasteiger charge is -2.58. The number of benzene rings is 1. The number of nitrogens with zero attached hydrogens (tertiary/aromatic N) is 2. The van der Waals surface area contributed by atoms with Gasteiger partial charge >= 0.3 is 0 Å². The number of ether oxygens (including phenoxy) is 1. The van der Waals surface area contributed by atoms with Gasteiger partial charge < -0.3 is 9.64 Å². The van der Waals surface area contributed by atoms with Gasteiger partial charge in [0.25, 0.3) is 0 Å². The summed E-state index contributed by atoms with van der Waals surface area (Å²) in [5, 5.41) is 0. The Labute approximate surface area is 160 Å². The van der Waals surface area contributed by atoms with E-state index in [0.29, 0.717) is 30.9 Å². The quantitative estimate of drug-likeness (QED) is 0.666. The molecule has 0 radical (unpaired) electrons. The molecule has 3 saturated heterocycles. The van der Waals surface area contributed by atoms with Crippen LogP contribution >= 0.6 is 0 Å². The maximum atomic E-state index is 13.4. The van der Waals surface area contributed by atoms with Crippen molar-refractivity contribution in [2.75, 3.05) is 24.6 Å². The number of hydrogen-bond donors (Lipinski definition) is 0. The number of carbonyl (C=O) groups is 1. The molecule has 1 aliphatic carbocycles. The fourth-order valence-corrected chi connectivity index (χ4v) is 7.80. The van der Waals surface area contributed by atoms with Crippen LogP contribution in [-0.2, 0) is 14.9 Å². The average molecular weight is 362 g/mol. The first-order valence-electron chi connectivity index (χ1n) is 10.6. The predicted octanol–water partition coefficient (Wildman–Crippen LogP) is 2.71. The van der Waals surface area contributed by atoms with E-state index >= 15 is 0 Å². The normalized spacial score (nSPS) is 43.5. The van der Waals surface area contributed by atoms with Crippen LogP contribution in [0.1, 0.15) is 36.0 Å². The molecule has 1 saturated carbocycles. The maximum Gasteiger partial charge on any atom is 0.229 e. The molecule has 0 aromatic heterocycles. The largest absolute Gasteiger partial charge is 0.373 e. The van der Waals surface area contributed by atoms with Crippen molar-refractivity contribution in [3.63, 3.8) is 0 Å². The van der Waals surface area contributed by atoms with E-state index in [4.69, 9.17) is 4.74 Å². The van der Waals surface area contributed by atoms with E-state index in [-0.39, 0.29) is 23.5 Å². The summed E-state index contributed by atoms with van der Waals surface area (Å²) in [5.41, 5.74) is 7.05. The van der Waals surface area contributed by atoms with Crippen LogP contribution in [-0.4, -0.2) is 48.7 Å². The molecule has 6 atom stereocenters. The molecular weight excluding hydrogens is 336 g/mol. The van der Waals surface area contributed by atoms with Crippen molar-refractivity contribution >= 4 is 11.6 Å². The van der Waals surface area contributed by atoms with Crippen LogP contribution in [0.15, 0.2) is 23.8 Å². The van der Waals surface area contributed by atoms with Crippen LogP contribution in [0.25, 0.3) is 0 Å². The van der Waals surface area contributed by atoms with E-state index < -0.39 is 0 Å². The molecule has 1 aromatic rings. The summed E-state index contributed by atoms with van der Waals surface area (Å²) in [6.45, 7) is 7.37. The molecular formula is C23H26N2O2. The Morgan fingerprint density at radius 3 is 2.96 bits per heavy atom. The number of fused-ring (bicyclic) bond motifs is 2. The Balaban J connectivity index is 1.55. The molecule has 1 aromatic carbocycles. The average Bonchev–Trinajstić information content (AvgIpc) is 3.10. The second-order valence-corrected chi connectivity index (χ2v) is 9.71. The summed E-state index contributed by atoms with van der Waals surface area (Å²) in [6.07, 6.45) is 5.43. The lowest BCUT2D eigenvalue weighted by atomic mass is 9.53. The third kappa shape index (κ3) is 1.56. The molecule has 27 heavy (non-hydrogen) atoms. The van der Waals surface area contributed by atoms with Gasteiger partial charge in [0.05, 0.1) is 25.2 Å². The van der Waals surface area contributed by atoms with Gasteiger partial charge in [-0.25, -0.2) is 0 Å². The lowest BCUT2D eigenvalue weighted by molar-refractivity contribution is -0.132. The summed E-state index contributed by atoms with van der Waals surface area (Å²) in [6, 6.07) is 5.60. The molecule has 6 aliphatic rings. The third-order valence-electron chi connectivity index (χ3n) is 8.93. The second kappa shape index (κ2) is 4.66. The highest BCUT2D eigenvalue weighted by atomic mass is 16.5. The van der Waals surface area contributed by atoms with Gasteiger partial charge in [0.2, 0.25) is 5.91 Å². The monoisotopic (exact) mass is 362 g/mol. The molecule has 4 nitrogen and oxygen atoms in total. The van der Waals surface area contributed by atoms with Crippen molar-refractivity contribution in [2.45, 2.75) is 56.7 Å². The Morgan fingerprint density at radius 2 is 2.07 bits per heavy atom. The van der Waals surface area contributed by atoms with Crippen LogP contribution in [0.2, 0.25) is 0 Å². The van der Waals surface area contributed by atoms with E-state index in [2.05, 4.69) is 41.9 Å². The Kier molecular flexibility index (Phi) is 2.64. The van der Waals surface area contributed by atoms with E-state index in [1.54, 1.807) is 5.57 Å². The van der Waals surface area contributed by atoms with E-state index in [0.717, 1.165) is 13.1 Å². The molecule has 140 valence electrons. The number of anilines is 1. The van der Waals surface area contributed by atoms with Crippen LogP contribution in [0.3, 0.4) is 0 Å². The topological polar surface area (TPSA) is 32.8 Å². The number of rotatable bonds is 0. The molecule has 1 spiro atoms. The summed E-state index contributed by atoms with van der Waals surface area (Å²) in [7, 11) is 0. The van der Waals surface area contributed by atoms with Gasteiger partial charge in [-0.1, -0.05) is 17.7 Å². The Morgan fingerprint density at radius 1 is 1.22 bits per heavy atom. The van der Waals surface area contributed by atoms with Crippen molar-refractivity contribution in [1.29, 1.82) is 0 Å². The summed E-state index contributed by atoms with van der Waals surface area (Å²) in [5.74, 6) is 1.34. The van der Waals surface area contributed by atoms with Gasteiger partial charge in [0, 0.05) is 29.6 Å². The minimum absolute atomic E-state index is 0.0963. The van der Waals surface area contributed by atoms with Gasteiger partial charge in [0.15, 0.2) is 0 Å². The molecule has 4 heteroatoms. The van der Waals surface area contributed by atoms with Crippen molar-refractivity contribution in [2.24, 2.45) is 11.8 Å². The first-order valence-corrected chi connectivity index (χ1v) is 10.6. The van der Waals surface area contributed by atoms with E-state index in [1.807, 2.05) is 0 Å². The lowest BCUT2D eigenvalue weighted by Crippen LogP contribution is -2.69. The highest BCUT2D eigenvalue weighted by Gasteiger charge is 2.71. The molecule has 5 aliphatic heterocycles. The van der Waals surface area contributed by atoms with Crippen molar-refractivity contribution in [3.8, 4) is 0 Å². The van der Waals surface area contributed by atoms with E-state index in [1.165, 1.54) is 35.2 Å². The standard InChI is InChI=1S/C23H26N2O2/c1-12-7-16-17(8-13(12)2)25-20(26)10-18-21-15-9-19-23(16,22(21)25)4-5-24(19)11-14(15)3-6-27-18/h3,7-8,15,18-19,21-22H,4-6,9-11H2,1-2H3/t15-,18+,19-,21+,22+,23-/m1/s1. The minimum Gasteiger partial charge on any atom is -0.373 e. The zero-order valence-corrected chi connectivity index (χ0v) is 16.1. The van der Waals surface area contributed by atoms with E-state index in [9.17, 15) is 4.79 Å². The van der Waals surface area contributed by atoms with Crippen molar-refractivity contribution < 1.29 is 9.53 Å². The smallest absolute Gasteiger partial charge is 0.229 e. The fourth-order valence-electron chi connectivity index (χ4n) is 7.80. The molecule has 1 amide bonds. The number of carbonyl (C=O) groups excluding carboxylic acids is 1. The van der Waals surface area contributed by atoms with Gasteiger partial charge in [0.1, 0.15) is 0 Å². The number of amides is 1. The fraction of sp³-hybridized carbons (Fsp3) is 0.609. The first kappa shape index (κ1) is 15.3. The number of aryl methyl sites for hydroxylation is 2. The minimum atomic E-state index is 0.0963. The molecule has 2 bridgehead atoms. The molecule has 7 rings (SSSR count). The Hall–Kier alpha value is -1.65. The van der Waals surface area contributed by atoms with Crippen molar-refractivity contribution in [3.05, 3.63) is 40.5 Å². The first-order chi connectivity index (χ1) is 13.1. The summed E-state index contributed by atoms with van der Waals surface area (Å²) >= 11 is 0. The van der Waals surface area contributed by atoms with Gasteiger partial charge in [-0.3, -0.25) is 9.69 Å². The molecule has 4 fully saturated rings. The van der Waals surface area contributed by atoms with Gasteiger partial charge in [-0.15, -0.1) is 0 Å². The Bertz CT molecular complexity index is 937. The third-order valence-corrected chi connectivity index (χ3v) is 8.93. The number of piperidine rings is 2. The summed E-state index contributed by atoms with van der Waals surface area (Å²) in [4.78, 5) is 18.3. The zero-order chi connectivity index (χ0) is 18.1. The van der Waals surface area contributed by atoms with Crippen LogP contribution < -0.4 is 4.90 Å². The van der Waals surface area contributed by atoms with Crippen LogP contribution in [0.4, 0.5) is 5.69 Å². The highest BCUT2D eigenvalue weighted by molar-refractivity contribution is 5.99. The zero-order valence-electron chi connectivity index (χ0n) is 16.1. The molecule has 0 unspecified atom stereocenters. The highest BCUT2D eigenvalue weighted by Crippen LogP contribution is 2.65. The SMILES string of the molecule is Cc1cc2c(cc1C)[C@@]13CCN4CC5=CCO[C@H]6CC(=O)N2[C@H]1[C@H]6[C@@H]5C[C@@H]43. The summed E-state index contributed by atoms with van der Waals surface area (Å²) < 4.78 is 6.30. The maximum absolute atomic E-state index is 13.4. The van der Waals surface area contributed by atoms with Gasteiger partial charge in [-0.2, -0.15) is 0 Å². The van der Waals surface area contributed by atoms with Crippen molar-refractivity contribution in [1.82, 2.24) is 4.90 Å². The second-order valence-electron chi connectivity index (χ2n) is 9.71. The number of hydrogen-bond acceptors (Lipinski definition) is 3. The van der Waals surface area contributed by atoms with Gasteiger partial charge in [-0.05, 0) is 61.9 Å².